The van der Waals surface area contributed by atoms with E-state index in [1.165, 1.54) is 12.1 Å². The lowest BCUT2D eigenvalue weighted by molar-refractivity contribution is 0.0906. The lowest BCUT2D eigenvalue weighted by Crippen LogP contribution is -2.36. The summed E-state index contributed by atoms with van der Waals surface area (Å²) in [6.45, 7) is 2.30. The lowest BCUT2D eigenvalue weighted by atomic mass is 10.2. The van der Waals surface area contributed by atoms with Gasteiger partial charge in [-0.3, -0.25) is 14.5 Å². The predicted molar refractivity (Wildman–Crippen MR) is 109 cm³/mol. The normalized spacial score (nSPS) is 15.3. The third-order valence-electron chi connectivity index (χ3n) is 4.82. The Balaban J connectivity index is 0.00000225. The average Bonchev–Trinajstić information content (AvgIpc) is 3.36. The van der Waals surface area contributed by atoms with Gasteiger partial charge in [-0.15, -0.1) is 12.4 Å². The topological polar surface area (TPSA) is 75.7 Å². The molecule has 0 saturated carbocycles. The van der Waals surface area contributed by atoms with Crippen molar-refractivity contribution in [2.24, 2.45) is 0 Å². The predicted octanol–water partition coefficient (Wildman–Crippen LogP) is 4.03. The van der Waals surface area contributed by atoms with Gasteiger partial charge in [0, 0.05) is 17.6 Å². The molecule has 1 amide bonds. The van der Waals surface area contributed by atoms with Crippen LogP contribution in [-0.2, 0) is 0 Å². The first-order valence-electron chi connectivity index (χ1n) is 8.91. The summed E-state index contributed by atoms with van der Waals surface area (Å²) in [5.74, 6) is 0.362. The summed E-state index contributed by atoms with van der Waals surface area (Å²) in [6.07, 6.45) is 3.90. The first-order chi connectivity index (χ1) is 13.1. The fourth-order valence-corrected chi connectivity index (χ4v) is 3.63. The number of fused-ring (bicyclic) bond motifs is 1. The van der Waals surface area contributed by atoms with E-state index in [2.05, 4.69) is 10.2 Å². The van der Waals surface area contributed by atoms with Gasteiger partial charge in [0.1, 0.15) is 11.3 Å². The van der Waals surface area contributed by atoms with Crippen LogP contribution < -0.4 is 10.7 Å². The fourth-order valence-electron chi connectivity index (χ4n) is 3.46. The van der Waals surface area contributed by atoms with Crippen molar-refractivity contribution in [3.63, 3.8) is 0 Å². The van der Waals surface area contributed by atoms with Gasteiger partial charge >= 0.3 is 0 Å². The van der Waals surface area contributed by atoms with E-state index in [0.29, 0.717) is 22.5 Å². The molecule has 6 nitrogen and oxygen atoms in total. The number of amides is 1. The number of carbonyl (C=O) groups excluding carboxylic acids is 1. The smallest absolute Gasteiger partial charge is 0.287 e. The lowest BCUT2D eigenvalue weighted by Gasteiger charge is -2.25. The van der Waals surface area contributed by atoms with Crippen molar-refractivity contribution in [2.75, 3.05) is 19.6 Å². The maximum absolute atomic E-state index is 12.6. The maximum atomic E-state index is 12.6. The molecule has 1 unspecified atom stereocenters. The molecule has 4 rings (SSSR count). The number of rotatable bonds is 5. The van der Waals surface area contributed by atoms with E-state index >= 15 is 0 Å². The summed E-state index contributed by atoms with van der Waals surface area (Å²) in [4.78, 5) is 27.1. The van der Waals surface area contributed by atoms with Crippen LogP contribution in [0.4, 0.5) is 0 Å². The highest BCUT2D eigenvalue weighted by Gasteiger charge is 2.26. The molecule has 3 aromatic rings. The zero-order valence-electron chi connectivity index (χ0n) is 15.0. The van der Waals surface area contributed by atoms with Crippen molar-refractivity contribution in [1.29, 1.82) is 0 Å². The van der Waals surface area contributed by atoms with E-state index in [1.54, 1.807) is 18.4 Å². The van der Waals surface area contributed by atoms with E-state index in [9.17, 15) is 9.59 Å². The highest BCUT2D eigenvalue weighted by molar-refractivity contribution is 6.31. The van der Waals surface area contributed by atoms with E-state index < -0.39 is 5.91 Å². The second kappa shape index (κ2) is 8.82. The summed E-state index contributed by atoms with van der Waals surface area (Å²) in [6, 6.07) is 9.65. The average molecular weight is 423 g/mol. The number of benzene rings is 1. The summed E-state index contributed by atoms with van der Waals surface area (Å²) < 4.78 is 11.2. The molecule has 3 heterocycles. The Labute approximate surface area is 172 Å². The Morgan fingerprint density at radius 3 is 2.71 bits per heavy atom. The van der Waals surface area contributed by atoms with Gasteiger partial charge in [0.15, 0.2) is 11.2 Å². The molecule has 148 valence electrons. The number of carbonyl (C=O) groups is 1. The number of furan rings is 1. The van der Waals surface area contributed by atoms with Crippen LogP contribution in [0.1, 0.15) is 35.2 Å². The Hall–Kier alpha value is -2.28. The maximum Gasteiger partial charge on any atom is 0.287 e. The second-order valence-electron chi connectivity index (χ2n) is 6.60. The van der Waals surface area contributed by atoms with Crippen molar-refractivity contribution in [1.82, 2.24) is 10.2 Å². The van der Waals surface area contributed by atoms with Crippen LogP contribution in [0, 0.1) is 0 Å². The van der Waals surface area contributed by atoms with E-state index in [4.69, 9.17) is 20.4 Å². The van der Waals surface area contributed by atoms with Crippen LogP contribution in [0.25, 0.3) is 11.0 Å². The first-order valence-corrected chi connectivity index (χ1v) is 9.29. The molecule has 1 aliphatic heterocycles. The molecule has 1 aromatic carbocycles. The van der Waals surface area contributed by atoms with E-state index in [1.807, 2.05) is 12.1 Å². The minimum atomic E-state index is -0.431. The van der Waals surface area contributed by atoms with Gasteiger partial charge in [0.2, 0.25) is 0 Å². The second-order valence-corrected chi connectivity index (χ2v) is 7.04. The first kappa shape index (κ1) is 20.5. The SMILES string of the molecule is Cl.O=C(NCC(c1ccco1)N1CCCC1)c1cc(=O)c2cc(Cl)ccc2o1. The van der Waals surface area contributed by atoms with Crippen LogP contribution >= 0.6 is 24.0 Å². The highest BCUT2D eigenvalue weighted by Crippen LogP contribution is 2.25. The van der Waals surface area contributed by atoms with E-state index in [0.717, 1.165) is 31.7 Å². The Bertz CT molecular complexity index is 1010. The summed E-state index contributed by atoms with van der Waals surface area (Å²) in [7, 11) is 0. The van der Waals surface area contributed by atoms with Gasteiger partial charge in [-0.2, -0.15) is 0 Å². The number of likely N-dealkylation sites (tertiary alicyclic amines) is 1. The zero-order chi connectivity index (χ0) is 18.8. The molecule has 0 aliphatic carbocycles. The van der Waals surface area contributed by atoms with Gasteiger partial charge in [0.05, 0.1) is 17.7 Å². The summed E-state index contributed by atoms with van der Waals surface area (Å²) in [5.41, 5.74) is 0.0326. The van der Waals surface area contributed by atoms with Crippen LogP contribution in [0.15, 0.2) is 56.3 Å². The van der Waals surface area contributed by atoms with Gasteiger partial charge in [-0.25, -0.2) is 0 Å². The highest BCUT2D eigenvalue weighted by atomic mass is 35.5. The molecule has 0 spiro atoms. The van der Waals surface area contributed by atoms with Crippen molar-refractivity contribution < 1.29 is 13.6 Å². The molecule has 1 saturated heterocycles. The fraction of sp³-hybridized carbons (Fsp3) is 0.300. The van der Waals surface area contributed by atoms with Crippen LogP contribution in [0.2, 0.25) is 5.02 Å². The number of hydrogen-bond donors (Lipinski definition) is 1. The zero-order valence-corrected chi connectivity index (χ0v) is 16.6. The number of hydrogen-bond acceptors (Lipinski definition) is 5. The Kier molecular flexibility index (Phi) is 6.44. The molecular weight excluding hydrogens is 403 g/mol. The molecule has 1 N–H and O–H groups in total. The third-order valence-corrected chi connectivity index (χ3v) is 5.06. The summed E-state index contributed by atoms with van der Waals surface area (Å²) in [5, 5.41) is 3.66. The van der Waals surface area contributed by atoms with Crippen LogP contribution in [0.5, 0.6) is 0 Å². The number of nitrogens with one attached hydrogen (secondary N) is 1. The standard InChI is InChI=1S/C20H19ClN2O4.ClH/c21-13-5-6-17-14(10-13)16(24)11-19(27-17)20(25)22-12-15(18-4-3-9-26-18)23-7-1-2-8-23;/h3-6,9-11,15H,1-2,7-8,12H2,(H,22,25);1H. The van der Waals surface area contributed by atoms with Crippen molar-refractivity contribution in [3.05, 3.63) is 69.4 Å². The monoisotopic (exact) mass is 422 g/mol. The molecule has 0 radical (unpaired) electrons. The van der Waals surface area contributed by atoms with Gasteiger partial charge in [0.25, 0.3) is 5.91 Å². The number of halogens is 2. The third kappa shape index (κ3) is 4.24. The minimum absolute atomic E-state index is 0. The minimum Gasteiger partial charge on any atom is -0.468 e. The Morgan fingerprint density at radius 2 is 2.00 bits per heavy atom. The quantitative estimate of drug-likeness (QED) is 0.671. The molecule has 0 bridgehead atoms. The molecule has 28 heavy (non-hydrogen) atoms. The summed E-state index contributed by atoms with van der Waals surface area (Å²) >= 11 is 5.92. The molecule has 1 fully saturated rings. The molecular formula is C20H20Cl2N2O4. The van der Waals surface area contributed by atoms with Gasteiger partial charge in [-0.05, 0) is 56.3 Å². The van der Waals surface area contributed by atoms with Crippen molar-refractivity contribution >= 4 is 40.9 Å². The van der Waals surface area contributed by atoms with E-state index in [-0.39, 0.29) is 29.6 Å². The van der Waals surface area contributed by atoms with Crippen molar-refractivity contribution in [3.8, 4) is 0 Å². The molecule has 8 heteroatoms. The molecule has 2 aromatic heterocycles. The van der Waals surface area contributed by atoms with Gasteiger partial charge in [-0.1, -0.05) is 11.6 Å². The largest absolute Gasteiger partial charge is 0.468 e. The Morgan fingerprint density at radius 1 is 1.21 bits per heavy atom. The van der Waals surface area contributed by atoms with Crippen LogP contribution in [0.3, 0.4) is 0 Å². The van der Waals surface area contributed by atoms with Crippen LogP contribution in [-0.4, -0.2) is 30.4 Å². The molecule has 1 aliphatic rings. The van der Waals surface area contributed by atoms with Gasteiger partial charge < -0.3 is 14.2 Å². The molecule has 1 atom stereocenters. The van der Waals surface area contributed by atoms with Crippen molar-refractivity contribution in [2.45, 2.75) is 18.9 Å². The number of nitrogens with zero attached hydrogens (tertiary/aromatic N) is 1.